The fourth-order valence-corrected chi connectivity index (χ4v) is 2.98. The van der Waals surface area contributed by atoms with E-state index in [1.54, 1.807) is 12.1 Å². The summed E-state index contributed by atoms with van der Waals surface area (Å²) in [6.45, 7) is 0. The largest absolute Gasteiger partial charge is 0.263 e. The van der Waals surface area contributed by atoms with Crippen molar-refractivity contribution in [1.29, 1.82) is 0 Å². The quantitative estimate of drug-likeness (QED) is 0.942. The third-order valence-corrected chi connectivity index (χ3v) is 4.58. The van der Waals surface area contributed by atoms with Crippen LogP contribution in [0.5, 0.6) is 0 Å². The number of rotatable bonds is 4. The number of halogens is 1. The highest BCUT2D eigenvalue weighted by molar-refractivity contribution is 7.92. The predicted molar refractivity (Wildman–Crippen MR) is 73.4 cm³/mol. The Morgan fingerprint density at radius 2 is 1.80 bits per heavy atom. The van der Waals surface area contributed by atoms with Crippen molar-refractivity contribution in [2.24, 2.45) is 0 Å². The average molecular weight is 292 g/mol. The first-order chi connectivity index (χ1) is 9.54. The molecule has 4 nitrogen and oxygen atoms in total. The molecule has 0 bridgehead atoms. The van der Waals surface area contributed by atoms with E-state index in [0.29, 0.717) is 5.92 Å². The van der Waals surface area contributed by atoms with Crippen molar-refractivity contribution in [3.63, 3.8) is 0 Å². The van der Waals surface area contributed by atoms with Crippen LogP contribution in [-0.2, 0) is 10.0 Å². The highest BCUT2D eigenvalue weighted by Crippen LogP contribution is 2.40. The van der Waals surface area contributed by atoms with E-state index in [9.17, 15) is 12.8 Å². The second-order valence-electron chi connectivity index (χ2n) is 4.81. The molecule has 0 atom stereocenters. The van der Waals surface area contributed by atoms with Gasteiger partial charge in [0.1, 0.15) is 11.6 Å². The molecular weight excluding hydrogens is 279 g/mol. The van der Waals surface area contributed by atoms with Crippen molar-refractivity contribution in [1.82, 2.24) is 4.98 Å². The summed E-state index contributed by atoms with van der Waals surface area (Å²) >= 11 is 0. The van der Waals surface area contributed by atoms with E-state index in [1.165, 1.54) is 24.5 Å². The van der Waals surface area contributed by atoms with Crippen LogP contribution < -0.4 is 4.72 Å². The highest BCUT2D eigenvalue weighted by atomic mass is 32.2. The number of anilines is 1. The molecule has 1 fully saturated rings. The van der Waals surface area contributed by atoms with Crippen LogP contribution in [0.3, 0.4) is 0 Å². The number of nitrogens with zero attached hydrogens (tertiary/aromatic N) is 1. The lowest BCUT2D eigenvalue weighted by molar-refractivity contribution is 0.600. The minimum absolute atomic E-state index is 0.0951. The molecule has 0 aliphatic heterocycles. The van der Waals surface area contributed by atoms with Gasteiger partial charge >= 0.3 is 0 Å². The molecule has 0 radical (unpaired) electrons. The lowest BCUT2D eigenvalue weighted by Gasteiger charge is -2.07. The first-order valence-electron chi connectivity index (χ1n) is 6.29. The molecule has 1 heterocycles. The van der Waals surface area contributed by atoms with Gasteiger partial charge in [-0.2, -0.15) is 0 Å². The maximum Gasteiger partial charge on any atom is 0.263 e. The van der Waals surface area contributed by atoms with Crippen LogP contribution in [0, 0.1) is 5.82 Å². The summed E-state index contributed by atoms with van der Waals surface area (Å²) in [6.07, 6.45) is 3.31. The monoisotopic (exact) mass is 292 g/mol. The zero-order chi connectivity index (χ0) is 14.2. The summed E-state index contributed by atoms with van der Waals surface area (Å²) < 4.78 is 39.3. The summed E-state index contributed by atoms with van der Waals surface area (Å²) in [6, 6.07) is 9.28. The normalized spacial score (nSPS) is 15.1. The maximum absolute atomic E-state index is 12.7. The maximum atomic E-state index is 12.7. The Kier molecular flexibility index (Phi) is 3.17. The molecule has 1 saturated carbocycles. The molecule has 3 rings (SSSR count). The van der Waals surface area contributed by atoms with Gasteiger partial charge in [-0.1, -0.05) is 12.1 Å². The van der Waals surface area contributed by atoms with Gasteiger partial charge in [0, 0.05) is 0 Å². The number of sulfonamides is 1. The van der Waals surface area contributed by atoms with E-state index in [1.807, 2.05) is 12.1 Å². The Bertz CT molecular complexity index is 708. The lowest BCUT2D eigenvalue weighted by Crippen LogP contribution is -2.13. The summed E-state index contributed by atoms with van der Waals surface area (Å²) in [5.41, 5.74) is 1.17. The zero-order valence-corrected chi connectivity index (χ0v) is 11.4. The molecule has 1 aliphatic carbocycles. The van der Waals surface area contributed by atoms with Crippen LogP contribution in [0.25, 0.3) is 0 Å². The molecule has 0 unspecified atom stereocenters. The lowest BCUT2D eigenvalue weighted by atomic mass is 10.1. The number of aromatic nitrogens is 1. The topological polar surface area (TPSA) is 59.1 Å². The van der Waals surface area contributed by atoms with E-state index < -0.39 is 15.8 Å². The molecule has 1 aromatic heterocycles. The third kappa shape index (κ3) is 2.80. The van der Waals surface area contributed by atoms with Crippen LogP contribution in [0.2, 0.25) is 0 Å². The Balaban J connectivity index is 1.81. The van der Waals surface area contributed by atoms with Gasteiger partial charge < -0.3 is 0 Å². The van der Waals surface area contributed by atoms with Gasteiger partial charge in [0.05, 0.1) is 11.1 Å². The molecule has 1 aliphatic rings. The molecule has 1 N–H and O–H groups in total. The van der Waals surface area contributed by atoms with E-state index in [4.69, 9.17) is 0 Å². The van der Waals surface area contributed by atoms with Crippen LogP contribution in [0.15, 0.2) is 47.5 Å². The second-order valence-corrected chi connectivity index (χ2v) is 6.49. The van der Waals surface area contributed by atoms with Gasteiger partial charge in [0.25, 0.3) is 10.0 Å². The van der Waals surface area contributed by atoms with Gasteiger partial charge in [-0.25, -0.2) is 17.8 Å². The van der Waals surface area contributed by atoms with Crippen molar-refractivity contribution < 1.29 is 12.8 Å². The average Bonchev–Trinajstić information content (AvgIpc) is 3.26. The predicted octanol–water partition coefficient (Wildman–Crippen LogP) is 2.90. The van der Waals surface area contributed by atoms with Crippen molar-refractivity contribution in [3.8, 4) is 0 Å². The zero-order valence-electron chi connectivity index (χ0n) is 10.6. The third-order valence-electron chi connectivity index (χ3n) is 3.21. The van der Waals surface area contributed by atoms with Gasteiger partial charge in [-0.15, -0.1) is 0 Å². The fraction of sp³-hybridized carbons (Fsp3) is 0.214. The van der Waals surface area contributed by atoms with Crippen LogP contribution in [0.4, 0.5) is 10.2 Å². The number of nitrogens with one attached hydrogen (secondary N) is 1. The van der Waals surface area contributed by atoms with E-state index >= 15 is 0 Å². The first-order valence-corrected chi connectivity index (χ1v) is 7.77. The minimum atomic E-state index is -3.68. The molecule has 0 saturated heterocycles. The van der Waals surface area contributed by atoms with Crippen LogP contribution >= 0.6 is 0 Å². The Labute approximate surface area is 116 Å². The Hall–Kier alpha value is -1.95. The number of pyridine rings is 1. The Morgan fingerprint density at radius 3 is 2.35 bits per heavy atom. The molecule has 104 valence electrons. The number of hydrogen-bond acceptors (Lipinski definition) is 3. The van der Waals surface area contributed by atoms with Crippen LogP contribution in [0.1, 0.15) is 24.3 Å². The van der Waals surface area contributed by atoms with Crippen molar-refractivity contribution >= 4 is 15.8 Å². The SMILES string of the molecule is O=S(=O)(Nc1ccc(F)cn1)c1ccc(C2CC2)cc1. The molecule has 6 heteroatoms. The van der Waals surface area contributed by atoms with Gasteiger partial charge in [0.15, 0.2) is 0 Å². The van der Waals surface area contributed by atoms with Crippen molar-refractivity contribution in [2.45, 2.75) is 23.7 Å². The summed E-state index contributed by atoms with van der Waals surface area (Å²) in [5, 5.41) is 0. The van der Waals surface area contributed by atoms with E-state index in [2.05, 4.69) is 9.71 Å². The van der Waals surface area contributed by atoms with E-state index in [0.717, 1.165) is 12.3 Å². The smallest absolute Gasteiger partial charge is 0.263 e. The van der Waals surface area contributed by atoms with Crippen molar-refractivity contribution in [3.05, 3.63) is 54.0 Å². The molecule has 1 aromatic carbocycles. The standard InChI is InChI=1S/C14H13FN2O2S/c15-12-5-8-14(16-9-12)17-20(18,19)13-6-3-11(4-7-13)10-1-2-10/h3-10H,1-2H2,(H,16,17). The summed E-state index contributed by atoms with van der Waals surface area (Å²) in [4.78, 5) is 3.85. The minimum Gasteiger partial charge on any atom is -0.263 e. The molecular formula is C14H13FN2O2S. The van der Waals surface area contributed by atoms with E-state index in [-0.39, 0.29) is 10.7 Å². The van der Waals surface area contributed by atoms with Gasteiger partial charge in [0.2, 0.25) is 0 Å². The molecule has 0 amide bonds. The second kappa shape index (κ2) is 4.86. The molecule has 2 aromatic rings. The Morgan fingerprint density at radius 1 is 1.10 bits per heavy atom. The molecule has 20 heavy (non-hydrogen) atoms. The van der Waals surface area contributed by atoms with Crippen LogP contribution in [-0.4, -0.2) is 13.4 Å². The highest BCUT2D eigenvalue weighted by Gasteiger charge is 2.24. The summed E-state index contributed by atoms with van der Waals surface area (Å²) in [7, 11) is -3.68. The molecule has 0 spiro atoms. The van der Waals surface area contributed by atoms with Gasteiger partial charge in [-0.05, 0) is 48.6 Å². The number of benzene rings is 1. The number of hydrogen-bond donors (Lipinski definition) is 1. The fourth-order valence-electron chi connectivity index (χ4n) is 1.97. The summed E-state index contributed by atoms with van der Waals surface area (Å²) in [5.74, 6) is 0.165. The van der Waals surface area contributed by atoms with Crippen molar-refractivity contribution in [2.75, 3.05) is 4.72 Å². The van der Waals surface area contributed by atoms with Gasteiger partial charge in [-0.3, -0.25) is 4.72 Å². The first kappa shape index (κ1) is 13.1.